The van der Waals surface area contributed by atoms with Crippen molar-refractivity contribution in [2.45, 2.75) is 19.4 Å². The van der Waals surface area contributed by atoms with Crippen LogP contribution in [0.1, 0.15) is 23.4 Å². The average molecular weight is 231 g/mol. The molecule has 0 N–H and O–H groups in total. The maximum atomic E-state index is 4.33. The van der Waals surface area contributed by atoms with Gasteiger partial charge in [0.15, 0.2) is 0 Å². The summed E-state index contributed by atoms with van der Waals surface area (Å²) in [6.07, 6.45) is 4.71. The van der Waals surface area contributed by atoms with E-state index in [-0.39, 0.29) is 0 Å². The van der Waals surface area contributed by atoms with E-state index in [1.54, 1.807) is 12.4 Å². The third-order valence-electron chi connectivity index (χ3n) is 3.09. The molecule has 3 rings (SSSR count). The highest BCUT2D eigenvalue weighted by molar-refractivity contribution is 7.10. The van der Waals surface area contributed by atoms with Crippen molar-refractivity contribution in [2.24, 2.45) is 0 Å². The number of aromatic nitrogens is 2. The van der Waals surface area contributed by atoms with Crippen LogP contribution in [-0.4, -0.2) is 16.5 Å². The number of thiophene rings is 1. The molecule has 0 unspecified atom stereocenters. The lowest BCUT2D eigenvalue weighted by molar-refractivity contribution is 0.615. The fraction of sp³-hybridized carbons (Fsp3) is 0.333. The molecule has 16 heavy (non-hydrogen) atoms. The zero-order valence-corrected chi connectivity index (χ0v) is 9.94. The van der Waals surface area contributed by atoms with Crippen LogP contribution in [0, 0.1) is 0 Å². The molecule has 0 aromatic carbocycles. The smallest absolute Gasteiger partial charge is 0.225 e. The summed E-state index contributed by atoms with van der Waals surface area (Å²) < 4.78 is 0. The van der Waals surface area contributed by atoms with E-state index >= 15 is 0 Å². The molecule has 82 valence electrons. The molecule has 0 bridgehead atoms. The molecule has 0 amide bonds. The van der Waals surface area contributed by atoms with Gasteiger partial charge in [0, 0.05) is 23.8 Å². The van der Waals surface area contributed by atoms with Crippen LogP contribution < -0.4 is 4.90 Å². The highest BCUT2D eigenvalue weighted by atomic mass is 32.1. The van der Waals surface area contributed by atoms with Gasteiger partial charge in [0.2, 0.25) is 5.95 Å². The quantitative estimate of drug-likeness (QED) is 0.755. The predicted molar refractivity (Wildman–Crippen MR) is 65.8 cm³/mol. The normalized spacial score (nSPS) is 19.6. The summed E-state index contributed by atoms with van der Waals surface area (Å²) in [5, 5.41) is 2.18. The zero-order chi connectivity index (χ0) is 11.0. The summed E-state index contributed by atoms with van der Waals surface area (Å²) in [6, 6.07) is 4.46. The Hall–Kier alpha value is -1.42. The molecular formula is C12H13N3S. The highest BCUT2D eigenvalue weighted by Gasteiger charge is 2.25. The van der Waals surface area contributed by atoms with Gasteiger partial charge in [-0.05, 0) is 36.4 Å². The topological polar surface area (TPSA) is 29.0 Å². The molecule has 2 aromatic heterocycles. The number of hydrogen-bond donors (Lipinski definition) is 0. The van der Waals surface area contributed by atoms with E-state index in [4.69, 9.17) is 0 Å². The number of anilines is 1. The first-order valence-corrected chi connectivity index (χ1v) is 6.34. The lowest BCUT2D eigenvalue weighted by atomic mass is 10.0. The van der Waals surface area contributed by atoms with Gasteiger partial charge >= 0.3 is 0 Å². The molecule has 0 saturated heterocycles. The molecule has 1 atom stereocenters. The van der Waals surface area contributed by atoms with Gasteiger partial charge in [0.1, 0.15) is 0 Å². The SMILES string of the molecule is C[C@H]1c2ccsc2CCN1c1ncccn1. The maximum absolute atomic E-state index is 4.33. The van der Waals surface area contributed by atoms with Crippen molar-refractivity contribution in [3.8, 4) is 0 Å². The highest BCUT2D eigenvalue weighted by Crippen LogP contribution is 2.34. The van der Waals surface area contributed by atoms with Crippen LogP contribution in [0.25, 0.3) is 0 Å². The second kappa shape index (κ2) is 3.87. The Bertz CT molecular complexity index is 480. The molecule has 0 radical (unpaired) electrons. The van der Waals surface area contributed by atoms with Crippen LogP contribution in [0.2, 0.25) is 0 Å². The molecule has 3 nitrogen and oxygen atoms in total. The molecule has 2 aromatic rings. The minimum atomic E-state index is 0.386. The van der Waals surface area contributed by atoms with Gasteiger partial charge < -0.3 is 4.90 Å². The zero-order valence-electron chi connectivity index (χ0n) is 9.13. The van der Waals surface area contributed by atoms with Crippen molar-refractivity contribution < 1.29 is 0 Å². The molecule has 0 fully saturated rings. The third-order valence-corrected chi connectivity index (χ3v) is 4.08. The molecule has 0 spiro atoms. The monoisotopic (exact) mass is 231 g/mol. The summed E-state index contributed by atoms with van der Waals surface area (Å²) in [7, 11) is 0. The summed E-state index contributed by atoms with van der Waals surface area (Å²) in [5.74, 6) is 0.840. The number of rotatable bonds is 1. The van der Waals surface area contributed by atoms with Crippen molar-refractivity contribution in [3.63, 3.8) is 0 Å². The Morgan fingerprint density at radius 1 is 1.38 bits per heavy atom. The maximum Gasteiger partial charge on any atom is 0.225 e. The molecule has 0 saturated carbocycles. The van der Waals surface area contributed by atoms with Crippen molar-refractivity contribution in [1.29, 1.82) is 0 Å². The van der Waals surface area contributed by atoms with E-state index in [1.807, 2.05) is 17.4 Å². The second-order valence-electron chi connectivity index (χ2n) is 3.97. The van der Waals surface area contributed by atoms with Crippen LogP contribution in [0.3, 0.4) is 0 Å². The first-order chi connectivity index (χ1) is 7.86. The number of fused-ring (bicyclic) bond motifs is 1. The minimum absolute atomic E-state index is 0.386. The van der Waals surface area contributed by atoms with Gasteiger partial charge in [-0.25, -0.2) is 9.97 Å². The second-order valence-corrected chi connectivity index (χ2v) is 4.97. The molecular weight excluding hydrogens is 218 g/mol. The van der Waals surface area contributed by atoms with Crippen LogP contribution in [0.5, 0.6) is 0 Å². The van der Waals surface area contributed by atoms with Gasteiger partial charge in [0.25, 0.3) is 0 Å². The average Bonchev–Trinajstić information content (AvgIpc) is 2.80. The van der Waals surface area contributed by atoms with Crippen molar-refractivity contribution >= 4 is 17.3 Å². The minimum Gasteiger partial charge on any atom is -0.334 e. The van der Waals surface area contributed by atoms with Crippen molar-refractivity contribution in [1.82, 2.24) is 9.97 Å². The van der Waals surface area contributed by atoms with Crippen LogP contribution >= 0.6 is 11.3 Å². The fourth-order valence-electron chi connectivity index (χ4n) is 2.22. The summed E-state index contributed by atoms with van der Waals surface area (Å²) in [4.78, 5) is 12.4. The van der Waals surface area contributed by atoms with Gasteiger partial charge in [-0.15, -0.1) is 11.3 Å². The first-order valence-electron chi connectivity index (χ1n) is 5.46. The third kappa shape index (κ3) is 1.50. The Kier molecular flexibility index (Phi) is 2.36. The van der Waals surface area contributed by atoms with Crippen molar-refractivity contribution in [2.75, 3.05) is 11.4 Å². The Morgan fingerprint density at radius 2 is 2.19 bits per heavy atom. The Labute approximate surface area is 98.8 Å². The van der Waals surface area contributed by atoms with Gasteiger partial charge in [0.05, 0.1) is 6.04 Å². The molecule has 4 heteroatoms. The molecule has 0 aliphatic carbocycles. The van der Waals surface area contributed by atoms with Crippen LogP contribution in [-0.2, 0) is 6.42 Å². The van der Waals surface area contributed by atoms with Gasteiger partial charge in [-0.2, -0.15) is 0 Å². The van der Waals surface area contributed by atoms with E-state index in [1.165, 1.54) is 10.4 Å². The van der Waals surface area contributed by atoms with E-state index in [9.17, 15) is 0 Å². The Balaban J connectivity index is 1.96. The van der Waals surface area contributed by atoms with E-state index in [0.717, 1.165) is 18.9 Å². The lowest BCUT2D eigenvalue weighted by Crippen LogP contribution is -2.34. The molecule has 1 aliphatic heterocycles. The summed E-state index contributed by atoms with van der Waals surface area (Å²) in [5.41, 5.74) is 1.43. The Morgan fingerprint density at radius 3 is 3.00 bits per heavy atom. The number of nitrogens with zero attached hydrogens (tertiary/aromatic N) is 3. The summed E-state index contributed by atoms with van der Waals surface area (Å²) in [6.45, 7) is 3.24. The predicted octanol–water partition coefficient (Wildman–Crippen LogP) is 2.66. The number of hydrogen-bond acceptors (Lipinski definition) is 4. The molecule has 1 aliphatic rings. The summed E-state index contributed by atoms with van der Waals surface area (Å²) >= 11 is 1.86. The fourth-order valence-corrected chi connectivity index (χ4v) is 3.18. The van der Waals surface area contributed by atoms with Crippen LogP contribution in [0.4, 0.5) is 5.95 Å². The van der Waals surface area contributed by atoms with E-state index < -0.39 is 0 Å². The van der Waals surface area contributed by atoms with Crippen molar-refractivity contribution in [3.05, 3.63) is 40.3 Å². The lowest BCUT2D eigenvalue weighted by Gasteiger charge is -2.33. The largest absolute Gasteiger partial charge is 0.334 e. The van der Waals surface area contributed by atoms with Crippen LogP contribution in [0.15, 0.2) is 29.9 Å². The van der Waals surface area contributed by atoms with Gasteiger partial charge in [-0.1, -0.05) is 0 Å². The van der Waals surface area contributed by atoms with E-state index in [0.29, 0.717) is 6.04 Å². The van der Waals surface area contributed by atoms with Gasteiger partial charge in [-0.3, -0.25) is 0 Å². The molecule has 3 heterocycles. The first kappa shape index (κ1) is 9.78. The van der Waals surface area contributed by atoms with E-state index in [2.05, 4.69) is 33.2 Å². The standard InChI is InChI=1S/C12H13N3S/c1-9-10-4-8-16-11(10)3-7-15(9)12-13-5-2-6-14-12/h2,4-6,8-9H,3,7H2,1H3/t9-/m0/s1.